The number of urea groups is 1. The highest BCUT2D eigenvalue weighted by atomic mass is 16.4. The van der Waals surface area contributed by atoms with Gasteiger partial charge in [-0.3, -0.25) is 4.79 Å². The molecule has 108 valence electrons. The molecule has 0 aliphatic heterocycles. The van der Waals surface area contributed by atoms with Crippen molar-refractivity contribution < 1.29 is 14.8 Å². The lowest BCUT2D eigenvalue weighted by Gasteiger charge is -2.34. The van der Waals surface area contributed by atoms with Crippen LogP contribution in [0.1, 0.15) is 32.1 Å². The summed E-state index contributed by atoms with van der Waals surface area (Å²) < 4.78 is 0. The van der Waals surface area contributed by atoms with Gasteiger partial charge < -0.3 is 27.3 Å². The highest BCUT2D eigenvalue weighted by Gasteiger charge is 2.43. The highest BCUT2D eigenvalue weighted by molar-refractivity contribution is 6.06. The van der Waals surface area contributed by atoms with Crippen LogP contribution in [0.5, 0.6) is 0 Å². The summed E-state index contributed by atoms with van der Waals surface area (Å²) in [5.41, 5.74) is 9.67. The van der Waals surface area contributed by atoms with Gasteiger partial charge in [0, 0.05) is 13.1 Å². The third-order valence-corrected chi connectivity index (χ3v) is 3.45. The van der Waals surface area contributed by atoms with Crippen molar-refractivity contribution >= 4 is 17.8 Å². The molecular weight excluding hydrogens is 250 g/mol. The average molecular weight is 271 g/mol. The van der Waals surface area contributed by atoms with Gasteiger partial charge in [0.05, 0.1) is 0 Å². The number of amidine groups is 1. The molecule has 8 nitrogen and oxygen atoms in total. The summed E-state index contributed by atoms with van der Waals surface area (Å²) in [6.07, 6.45) is 3.90. The molecule has 1 rings (SSSR count). The van der Waals surface area contributed by atoms with Crippen LogP contribution in [0.4, 0.5) is 4.79 Å². The van der Waals surface area contributed by atoms with Crippen molar-refractivity contribution in [2.45, 2.75) is 32.1 Å². The predicted octanol–water partition coefficient (Wildman–Crippen LogP) is -0.532. The van der Waals surface area contributed by atoms with Gasteiger partial charge >= 0.3 is 6.03 Å². The van der Waals surface area contributed by atoms with Gasteiger partial charge in [0.2, 0.25) is 5.91 Å². The first-order valence-corrected chi connectivity index (χ1v) is 6.32. The Morgan fingerprint density at radius 1 is 1.11 bits per heavy atom. The fourth-order valence-corrected chi connectivity index (χ4v) is 2.38. The number of nitrogens with two attached hydrogens (primary N) is 2. The summed E-state index contributed by atoms with van der Waals surface area (Å²) in [6.45, 7) is 0.496. The summed E-state index contributed by atoms with van der Waals surface area (Å²) >= 11 is 0. The van der Waals surface area contributed by atoms with Crippen molar-refractivity contribution in [1.82, 2.24) is 10.6 Å². The monoisotopic (exact) mass is 271 g/mol. The van der Waals surface area contributed by atoms with Crippen LogP contribution < -0.4 is 22.1 Å². The number of carbonyl (C=O) groups excluding carboxylic acids is 2. The summed E-state index contributed by atoms with van der Waals surface area (Å²) in [4.78, 5) is 22.7. The minimum Gasteiger partial charge on any atom is -0.409 e. The Labute approximate surface area is 111 Å². The lowest BCUT2D eigenvalue weighted by Crippen LogP contribution is -2.52. The molecule has 7 N–H and O–H groups in total. The van der Waals surface area contributed by atoms with Crippen LogP contribution in [0.3, 0.4) is 0 Å². The second-order valence-electron chi connectivity index (χ2n) is 4.67. The van der Waals surface area contributed by atoms with E-state index >= 15 is 0 Å². The first-order valence-electron chi connectivity index (χ1n) is 6.32. The second kappa shape index (κ2) is 6.81. The maximum Gasteiger partial charge on any atom is 0.312 e. The number of hydrogen-bond acceptors (Lipinski definition) is 4. The van der Waals surface area contributed by atoms with E-state index in [1.165, 1.54) is 0 Å². The standard InChI is InChI=1S/C11H21N5O3/c12-8(16-19)11(4-2-1-3-5-11)9(17)14-6-7-15-10(13)18/h19H,1-7H2,(H2,12,16)(H,14,17)(H3,13,15,18). The number of rotatable bonds is 5. The molecule has 0 aromatic rings. The van der Waals surface area contributed by atoms with E-state index in [0.717, 1.165) is 19.3 Å². The van der Waals surface area contributed by atoms with Gasteiger partial charge in [0.1, 0.15) is 5.41 Å². The molecule has 1 saturated carbocycles. The van der Waals surface area contributed by atoms with Crippen molar-refractivity contribution in [3.8, 4) is 0 Å². The Hall–Kier alpha value is -1.99. The Morgan fingerprint density at radius 3 is 2.21 bits per heavy atom. The molecule has 8 heteroatoms. The van der Waals surface area contributed by atoms with E-state index in [0.29, 0.717) is 12.8 Å². The van der Waals surface area contributed by atoms with Crippen molar-refractivity contribution in [2.24, 2.45) is 22.0 Å². The zero-order valence-electron chi connectivity index (χ0n) is 10.8. The minimum atomic E-state index is -0.931. The lowest BCUT2D eigenvalue weighted by molar-refractivity contribution is -0.128. The summed E-state index contributed by atoms with van der Waals surface area (Å²) in [6, 6.07) is -0.641. The van der Waals surface area contributed by atoms with Crippen LogP contribution >= 0.6 is 0 Å². The van der Waals surface area contributed by atoms with E-state index in [4.69, 9.17) is 16.7 Å². The second-order valence-corrected chi connectivity index (χ2v) is 4.67. The fourth-order valence-electron chi connectivity index (χ4n) is 2.38. The normalized spacial score (nSPS) is 18.6. The van der Waals surface area contributed by atoms with Gasteiger partial charge in [-0.05, 0) is 12.8 Å². The third kappa shape index (κ3) is 3.73. The van der Waals surface area contributed by atoms with E-state index < -0.39 is 11.4 Å². The SMILES string of the molecule is NC(=O)NCCNC(=O)C1(C(N)=NO)CCCCC1. The van der Waals surface area contributed by atoms with Crippen molar-refractivity contribution in [3.05, 3.63) is 0 Å². The first-order chi connectivity index (χ1) is 9.03. The first kappa shape index (κ1) is 15.1. The molecule has 0 spiro atoms. The van der Waals surface area contributed by atoms with Crippen molar-refractivity contribution in [2.75, 3.05) is 13.1 Å². The van der Waals surface area contributed by atoms with Gasteiger partial charge in [-0.2, -0.15) is 0 Å². The van der Waals surface area contributed by atoms with E-state index in [-0.39, 0.29) is 24.8 Å². The molecular formula is C11H21N5O3. The maximum atomic E-state index is 12.2. The van der Waals surface area contributed by atoms with Gasteiger partial charge in [0.15, 0.2) is 5.84 Å². The molecule has 0 atom stereocenters. The lowest BCUT2D eigenvalue weighted by atomic mass is 9.72. The number of primary amides is 1. The van der Waals surface area contributed by atoms with E-state index in [1.807, 2.05) is 0 Å². The molecule has 3 amide bonds. The maximum absolute atomic E-state index is 12.2. The van der Waals surface area contributed by atoms with Gasteiger partial charge in [-0.1, -0.05) is 24.4 Å². The highest BCUT2D eigenvalue weighted by Crippen LogP contribution is 2.36. The predicted molar refractivity (Wildman–Crippen MR) is 69.5 cm³/mol. The van der Waals surface area contributed by atoms with Gasteiger partial charge in [-0.25, -0.2) is 4.79 Å². The zero-order chi connectivity index (χ0) is 14.3. The van der Waals surface area contributed by atoms with Crippen LogP contribution in [0, 0.1) is 5.41 Å². The molecule has 19 heavy (non-hydrogen) atoms. The Morgan fingerprint density at radius 2 is 1.68 bits per heavy atom. The largest absolute Gasteiger partial charge is 0.409 e. The van der Waals surface area contributed by atoms with Crippen LogP contribution in [0.2, 0.25) is 0 Å². The van der Waals surface area contributed by atoms with Crippen LogP contribution in [-0.2, 0) is 4.79 Å². The Kier molecular flexibility index (Phi) is 5.40. The summed E-state index contributed by atoms with van der Waals surface area (Å²) in [7, 11) is 0. The Bertz CT molecular complexity index is 363. The van der Waals surface area contributed by atoms with E-state index in [1.54, 1.807) is 0 Å². The molecule has 1 fully saturated rings. The number of amides is 3. The number of nitrogens with one attached hydrogen (secondary N) is 2. The molecule has 0 aromatic heterocycles. The molecule has 0 bridgehead atoms. The Balaban J connectivity index is 2.60. The number of carbonyl (C=O) groups is 2. The quantitative estimate of drug-likeness (QED) is 0.150. The molecule has 1 aliphatic rings. The fraction of sp³-hybridized carbons (Fsp3) is 0.727. The van der Waals surface area contributed by atoms with Crippen LogP contribution in [0.25, 0.3) is 0 Å². The molecule has 0 aromatic carbocycles. The molecule has 0 unspecified atom stereocenters. The summed E-state index contributed by atoms with van der Waals surface area (Å²) in [5.74, 6) is -0.318. The van der Waals surface area contributed by atoms with Crippen LogP contribution in [0.15, 0.2) is 5.16 Å². The van der Waals surface area contributed by atoms with Crippen LogP contribution in [-0.4, -0.2) is 36.1 Å². The van der Waals surface area contributed by atoms with Crippen molar-refractivity contribution in [1.29, 1.82) is 0 Å². The average Bonchev–Trinajstić information content (AvgIpc) is 2.42. The molecule has 0 saturated heterocycles. The van der Waals surface area contributed by atoms with Crippen molar-refractivity contribution in [3.63, 3.8) is 0 Å². The number of nitrogens with zero attached hydrogens (tertiary/aromatic N) is 1. The smallest absolute Gasteiger partial charge is 0.312 e. The zero-order valence-corrected chi connectivity index (χ0v) is 10.8. The minimum absolute atomic E-state index is 0.0486. The third-order valence-electron chi connectivity index (χ3n) is 3.45. The van der Waals surface area contributed by atoms with E-state index in [9.17, 15) is 9.59 Å². The molecule has 0 radical (unpaired) electrons. The number of oxime groups is 1. The van der Waals surface area contributed by atoms with Gasteiger partial charge in [0.25, 0.3) is 0 Å². The van der Waals surface area contributed by atoms with Gasteiger partial charge in [-0.15, -0.1) is 0 Å². The topological polar surface area (TPSA) is 143 Å². The molecule has 0 heterocycles. The summed E-state index contributed by atoms with van der Waals surface area (Å²) in [5, 5.41) is 16.9. The van der Waals surface area contributed by atoms with E-state index in [2.05, 4.69) is 15.8 Å². The number of hydrogen-bond donors (Lipinski definition) is 5. The molecule has 1 aliphatic carbocycles.